The number of hydrogen-bond donors (Lipinski definition) is 2. The Morgan fingerprint density at radius 2 is 2.00 bits per heavy atom. The second kappa shape index (κ2) is 5.18. The van der Waals surface area contributed by atoms with Gasteiger partial charge in [0.15, 0.2) is 0 Å². The van der Waals surface area contributed by atoms with Gasteiger partial charge in [0.2, 0.25) is 5.91 Å². The Labute approximate surface area is 105 Å². The molecular formula is C13H16N2O3. The van der Waals surface area contributed by atoms with Crippen LogP contribution in [0.15, 0.2) is 30.3 Å². The molecule has 0 bridgehead atoms. The molecule has 5 heteroatoms. The molecule has 1 fully saturated rings. The number of likely N-dealkylation sites (tertiary alicyclic amines) is 1. The minimum Gasteiger partial charge on any atom is -0.480 e. The molecule has 2 unspecified atom stereocenters. The fraction of sp³-hybridized carbons (Fsp3) is 0.385. The highest BCUT2D eigenvalue weighted by atomic mass is 16.4. The van der Waals surface area contributed by atoms with E-state index in [-0.39, 0.29) is 11.8 Å². The van der Waals surface area contributed by atoms with Gasteiger partial charge in [-0.3, -0.25) is 14.5 Å². The molecule has 1 aromatic carbocycles. The topological polar surface area (TPSA) is 83.6 Å². The number of amides is 1. The van der Waals surface area contributed by atoms with E-state index in [0.29, 0.717) is 19.5 Å². The Hall–Kier alpha value is -1.88. The molecule has 96 valence electrons. The third-order valence-electron chi connectivity index (χ3n) is 3.34. The molecule has 1 amide bonds. The number of rotatable bonds is 4. The molecular weight excluding hydrogens is 232 g/mol. The number of hydrogen-bond acceptors (Lipinski definition) is 3. The second-order valence-electron chi connectivity index (χ2n) is 4.53. The van der Waals surface area contributed by atoms with Crippen LogP contribution >= 0.6 is 0 Å². The average Bonchev–Trinajstić information content (AvgIpc) is 2.79. The van der Waals surface area contributed by atoms with Crippen LogP contribution in [0.1, 0.15) is 18.0 Å². The van der Waals surface area contributed by atoms with Crippen molar-refractivity contribution in [1.82, 2.24) is 4.90 Å². The van der Waals surface area contributed by atoms with E-state index in [1.54, 1.807) is 17.0 Å². The normalized spacial score (nSPS) is 21.7. The lowest BCUT2D eigenvalue weighted by atomic mass is 10.1. The third kappa shape index (κ3) is 2.51. The molecule has 3 N–H and O–H groups in total. The van der Waals surface area contributed by atoms with Gasteiger partial charge in [-0.2, -0.15) is 0 Å². The maximum Gasteiger partial charge on any atom is 0.325 e. The van der Waals surface area contributed by atoms with E-state index >= 15 is 0 Å². The summed E-state index contributed by atoms with van der Waals surface area (Å²) in [7, 11) is 0. The lowest BCUT2D eigenvalue weighted by Crippen LogP contribution is -2.34. The average molecular weight is 248 g/mol. The molecule has 1 saturated heterocycles. The molecule has 0 spiro atoms. The lowest BCUT2D eigenvalue weighted by molar-refractivity contribution is -0.143. The fourth-order valence-electron chi connectivity index (χ4n) is 2.40. The van der Waals surface area contributed by atoms with Gasteiger partial charge in [-0.15, -0.1) is 0 Å². The summed E-state index contributed by atoms with van der Waals surface area (Å²) >= 11 is 0. The second-order valence-corrected chi connectivity index (χ2v) is 4.53. The van der Waals surface area contributed by atoms with Gasteiger partial charge in [0.05, 0.1) is 5.92 Å². The molecule has 0 saturated carbocycles. The van der Waals surface area contributed by atoms with Crippen molar-refractivity contribution in [2.24, 2.45) is 11.7 Å². The van der Waals surface area contributed by atoms with E-state index in [0.717, 1.165) is 5.56 Å². The van der Waals surface area contributed by atoms with Crippen molar-refractivity contribution in [1.29, 1.82) is 0 Å². The van der Waals surface area contributed by atoms with Gasteiger partial charge < -0.3 is 10.8 Å². The molecule has 1 heterocycles. The fourth-order valence-corrected chi connectivity index (χ4v) is 2.40. The first kappa shape index (κ1) is 12.6. The highest BCUT2D eigenvalue weighted by molar-refractivity contribution is 5.78. The predicted octanol–water partition coefficient (Wildman–Crippen LogP) is 0.619. The van der Waals surface area contributed by atoms with Crippen LogP contribution in [-0.2, 0) is 9.59 Å². The first-order valence-electron chi connectivity index (χ1n) is 5.90. The van der Waals surface area contributed by atoms with Crippen molar-refractivity contribution in [3.63, 3.8) is 0 Å². The zero-order valence-corrected chi connectivity index (χ0v) is 9.95. The molecule has 0 radical (unpaired) electrons. The molecule has 18 heavy (non-hydrogen) atoms. The lowest BCUT2D eigenvalue weighted by Gasteiger charge is -2.24. The Kier molecular flexibility index (Phi) is 3.62. The molecule has 0 aliphatic carbocycles. The zero-order chi connectivity index (χ0) is 13.1. The van der Waals surface area contributed by atoms with Gasteiger partial charge >= 0.3 is 5.97 Å². The van der Waals surface area contributed by atoms with E-state index in [2.05, 4.69) is 0 Å². The maximum atomic E-state index is 11.4. The van der Waals surface area contributed by atoms with Gasteiger partial charge in [0, 0.05) is 13.1 Å². The number of benzene rings is 1. The van der Waals surface area contributed by atoms with Crippen LogP contribution < -0.4 is 5.73 Å². The maximum absolute atomic E-state index is 11.4. The van der Waals surface area contributed by atoms with Crippen molar-refractivity contribution >= 4 is 11.9 Å². The molecule has 1 aliphatic heterocycles. The standard InChI is InChI=1S/C13H16N2O3/c14-12(16)10-6-7-15(8-10)11(13(17)18)9-4-2-1-3-5-9/h1-5,10-11H,6-8H2,(H2,14,16)(H,17,18). The number of carboxylic acid groups (broad SMARTS) is 1. The molecule has 2 atom stereocenters. The summed E-state index contributed by atoms with van der Waals surface area (Å²) in [6.07, 6.45) is 0.631. The van der Waals surface area contributed by atoms with Crippen molar-refractivity contribution in [3.8, 4) is 0 Å². The minimum absolute atomic E-state index is 0.240. The number of nitrogens with two attached hydrogens (primary N) is 1. The van der Waals surface area contributed by atoms with Gasteiger partial charge in [-0.05, 0) is 12.0 Å². The Balaban J connectivity index is 2.18. The summed E-state index contributed by atoms with van der Waals surface area (Å²) in [4.78, 5) is 24.3. The van der Waals surface area contributed by atoms with Crippen molar-refractivity contribution in [2.45, 2.75) is 12.5 Å². The summed E-state index contributed by atoms with van der Waals surface area (Å²) < 4.78 is 0. The van der Waals surface area contributed by atoms with E-state index in [1.807, 2.05) is 18.2 Å². The minimum atomic E-state index is -0.897. The number of primary amides is 1. The van der Waals surface area contributed by atoms with Crippen molar-refractivity contribution < 1.29 is 14.7 Å². The van der Waals surface area contributed by atoms with Crippen LogP contribution in [0.3, 0.4) is 0 Å². The Morgan fingerprint density at radius 1 is 1.33 bits per heavy atom. The molecule has 1 aromatic rings. The zero-order valence-electron chi connectivity index (χ0n) is 9.95. The SMILES string of the molecule is NC(=O)C1CCN(C(C(=O)O)c2ccccc2)C1. The predicted molar refractivity (Wildman–Crippen MR) is 65.7 cm³/mol. The molecule has 5 nitrogen and oxygen atoms in total. The van der Waals surface area contributed by atoms with Gasteiger partial charge in [-0.1, -0.05) is 30.3 Å². The van der Waals surface area contributed by atoms with Crippen LogP contribution in [0.25, 0.3) is 0 Å². The number of nitrogens with zero attached hydrogens (tertiary/aromatic N) is 1. The smallest absolute Gasteiger partial charge is 0.325 e. The van der Waals surface area contributed by atoms with Crippen molar-refractivity contribution in [3.05, 3.63) is 35.9 Å². The van der Waals surface area contributed by atoms with E-state index < -0.39 is 12.0 Å². The number of carbonyl (C=O) groups excluding carboxylic acids is 1. The van der Waals surface area contributed by atoms with Crippen molar-refractivity contribution in [2.75, 3.05) is 13.1 Å². The highest BCUT2D eigenvalue weighted by Crippen LogP contribution is 2.27. The molecule has 0 aromatic heterocycles. The van der Waals surface area contributed by atoms with Crippen LogP contribution in [0.2, 0.25) is 0 Å². The van der Waals surface area contributed by atoms with E-state index in [4.69, 9.17) is 5.73 Å². The van der Waals surface area contributed by atoms with E-state index in [9.17, 15) is 14.7 Å². The summed E-state index contributed by atoms with van der Waals surface area (Å²) in [6.45, 7) is 1.00. The van der Waals surface area contributed by atoms with Gasteiger partial charge in [0.1, 0.15) is 6.04 Å². The summed E-state index contributed by atoms with van der Waals surface area (Å²) in [5, 5.41) is 9.35. The number of carbonyl (C=O) groups is 2. The molecule has 2 rings (SSSR count). The van der Waals surface area contributed by atoms with Crippen LogP contribution in [0, 0.1) is 5.92 Å². The Morgan fingerprint density at radius 3 is 2.50 bits per heavy atom. The highest BCUT2D eigenvalue weighted by Gasteiger charge is 2.35. The quantitative estimate of drug-likeness (QED) is 0.818. The first-order chi connectivity index (χ1) is 8.59. The number of carboxylic acids is 1. The number of aliphatic carboxylic acids is 1. The summed E-state index contributed by atoms with van der Waals surface area (Å²) in [5.74, 6) is -1.49. The van der Waals surface area contributed by atoms with Crippen LogP contribution in [0.5, 0.6) is 0 Å². The van der Waals surface area contributed by atoms with E-state index in [1.165, 1.54) is 0 Å². The largest absolute Gasteiger partial charge is 0.480 e. The van der Waals surface area contributed by atoms with Gasteiger partial charge in [-0.25, -0.2) is 0 Å². The Bertz CT molecular complexity index is 447. The van der Waals surface area contributed by atoms with Gasteiger partial charge in [0.25, 0.3) is 0 Å². The third-order valence-corrected chi connectivity index (χ3v) is 3.34. The van der Waals surface area contributed by atoms with Crippen LogP contribution in [0.4, 0.5) is 0 Å². The monoisotopic (exact) mass is 248 g/mol. The molecule has 1 aliphatic rings. The summed E-state index contributed by atoms with van der Waals surface area (Å²) in [5.41, 5.74) is 5.99. The van der Waals surface area contributed by atoms with Crippen LogP contribution in [-0.4, -0.2) is 35.0 Å². The summed E-state index contributed by atoms with van der Waals surface area (Å²) in [6, 6.07) is 8.35. The first-order valence-corrected chi connectivity index (χ1v) is 5.90.